The lowest BCUT2D eigenvalue weighted by atomic mass is 10.1. The molecule has 0 saturated carbocycles. The Labute approximate surface area is 163 Å². The molecule has 0 radical (unpaired) electrons. The summed E-state index contributed by atoms with van der Waals surface area (Å²) in [4.78, 5) is 2.15. The number of benzene rings is 2. The van der Waals surface area contributed by atoms with Crippen LogP contribution in [-0.2, 0) is 0 Å². The van der Waals surface area contributed by atoms with Crippen LogP contribution in [-0.4, -0.2) is 11.4 Å². The molecule has 128 valence electrons. The lowest BCUT2D eigenvalue weighted by Gasteiger charge is -2.19. The molecular formula is C21H17BrN4. The van der Waals surface area contributed by atoms with Crippen molar-refractivity contribution in [1.82, 2.24) is 4.90 Å². The summed E-state index contributed by atoms with van der Waals surface area (Å²) in [6.45, 7) is 0.842. The fourth-order valence-electron chi connectivity index (χ4n) is 2.59. The van der Waals surface area contributed by atoms with Crippen molar-refractivity contribution >= 4 is 17.1 Å². The van der Waals surface area contributed by atoms with Crippen LogP contribution in [0.2, 0.25) is 0 Å². The minimum atomic E-state index is 0. The van der Waals surface area contributed by atoms with Gasteiger partial charge in [-0.25, -0.2) is 0 Å². The van der Waals surface area contributed by atoms with E-state index in [0.29, 0.717) is 0 Å². The minimum absolute atomic E-state index is 0. The molecule has 26 heavy (non-hydrogen) atoms. The van der Waals surface area contributed by atoms with Crippen LogP contribution in [0, 0.1) is 6.08 Å². The van der Waals surface area contributed by atoms with Gasteiger partial charge in [0, 0.05) is 11.9 Å². The number of azo groups is 1. The molecule has 2 aromatic carbocycles. The highest BCUT2D eigenvalue weighted by Crippen LogP contribution is 2.23. The highest BCUT2D eigenvalue weighted by molar-refractivity contribution is 5.55. The first-order valence-corrected chi connectivity index (χ1v) is 8.16. The van der Waals surface area contributed by atoms with Crippen LogP contribution in [0.5, 0.6) is 0 Å². The fraction of sp³-hybridized carbons (Fsp3) is 0.0476. The van der Waals surface area contributed by atoms with E-state index in [-0.39, 0.29) is 17.0 Å². The molecule has 0 aliphatic carbocycles. The number of halogens is 1. The van der Waals surface area contributed by atoms with Gasteiger partial charge in [-0.15, -0.1) is 0 Å². The molecule has 5 heteroatoms. The SMILES string of the molecule is [Br-].[C+]1=C2C=CC=CN2CC=C1Nc1ccc(N=Nc2ccccc2)cc1. The molecule has 2 aliphatic heterocycles. The zero-order chi connectivity index (χ0) is 16.9. The lowest BCUT2D eigenvalue weighted by molar-refractivity contribution is -0.00000494. The molecule has 0 fully saturated rings. The maximum absolute atomic E-state index is 4.26. The van der Waals surface area contributed by atoms with E-state index < -0.39 is 0 Å². The average molecular weight is 405 g/mol. The van der Waals surface area contributed by atoms with Crippen LogP contribution in [0.15, 0.2) is 107 Å². The molecule has 0 saturated heterocycles. The van der Waals surface area contributed by atoms with Gasteiger partial charge in [0.25, 0.3) is 0 Å². The Balaban J connectivity index is 0.00000196. The normalized spacial score (nSPS) is 14.8. The summed E-state index contributed by atoms with van der Waals surface area (Å²) in [5.74, 6) is 0. The third kappa shape index (κ3) is 4.33. The van der Waals surface area contributed by atoms with Gasteiger partial charge >= 0.3 is 0 Å². The van der Waals surface area contributed by atoms with E-state index in [2.05, 4.69) is 44.9 Å². The van der Waals surface area contributed by atoms with E-state index in [1.54, 1.807) is 0 Å². The number of allylic oxidation sites excluding steroid dienone is 4. The predicted octanol–water partition coefficient (Wildman–Crippen LogP) is 2.49. The number of rotatable bonds is 4. The van der Waals surface area contributed by atoms with Gasteiger partial charge in [0.2, 0.25) is 11.4 Å². The predicted molar refractivity (Wildman–Crippen MR) is 101 cm³/mol. The lowest BCUT2D eigenvalue weighted by Crippen LogP contribution is -3.00. The largest absolute Gasteiger partial charge is 1.00 e. The Morgan fingerprint density at radius 3 is 2.38 bits per heavy atom. The second-order valence-corrected chi connectivity index (χ2v) is 5.69. The first kappa shape index (κ1) is 17.8. The van der Waals surface area contributed by atoms with E-state index in [9.17, 15) is 0 Å². The summed E-state index contributed by atoms with van der Waals surface area (Å²) in [6.07, 6.45) is 13.7. The van der Waals surface area contributed by atoms with Crippen LogP contribution in [0.4, 0.5) is 17.1 Å². The quantitative estimate of drug-likeness (QED) is 0.627. The Kier molecular flexibility index (Phi) is 5.74. The summed E-state index contributed by atoms with van der Waals surface area (Å²) in [5.41, 5.74) is 4.71. The Hall–Kier alpha value is -3.01. The molecule has 4 nitrogen and oxygen atoms in total. The summed E-state index contributed by atoms with van der Waals surface area (Å²) < 4.78 is 0. The number of hydrogen-bond donors (Lipinski definition) is 1. The summed E-state index contributed by atoms with van der Waals surface area (Å²) in [5, 5.41) is 11.9. The monoisotopic (exact) mass is 404 g/mol. The first-order valence-electron chi connectivity index (χ1n) is 8.16. The van der Waals surface area contributed by atoms with Crippen LogP contribution in [0.3, 0.4) is 0 Å². The molecule has 0 bridgehead atoms. The molecule has 0 spiro atoms. The second kappa shape index (κ2) is 8.39. The van der Waals surface area contributed by atoms with Gasteiger partial charge in [-0.2, -0.15) is 10.2 Å². The van der Waals surface area contributed by atoms with Gasteiger partial charge < -0.3 is 27.2 Å². The first-order chi connectivity index (χ1) is 12.4. The zero-order valence-electron chi connectivity index (χ0n) is 14.0. The Morgan fingerprint density at radius 1 is 0.885 bits per heavy atom. The molecule has 2 heterocycles. The van der Waals surface area contributed by atoms with Gasteiger partial charge in [-0.1, -0.05) is 18.2 Å². The van der Waals surface area contributed by atoms with Gasteiger partial charge in [0.1, 0.15) is 0 Å². The van der Waals surface area contributed by atoms with Gasteiger partial charge in [0.15, 0.2) is 0 Å². The number of hydrogen-bond acceptors (Lipinski definition) is 4. The molecule has 2 aromatic rings. The number of nitrogens with zero attached hydrogens (tertiary/aromatic N) is 3. The standard InChI is InChI=1S/C21H17N4.BrH/c1-2-6-18(7-3-1)23-24-19-11-9-17(10-12-19)22-20-13-15-25-14-5-4-8-21(25)16-20;/h1-14,22H,15H2;1H/q+1;/p-1. The van der Waals surface area contributed by atoms with Crippen LogP contribution < -0.4 is 22.3 Å². The van der Waals surface area contributed by atoms with Crippen molar-refractivity contribution in [2.45, 2.75) is 0 Å². The molecule has 0 unspecified atom stereocenters. The highest BCUT2D eigenvalue weighted by atomic mass is 79.9. The van der Waals surface area contributed by atoms with E-state index in [0.717, 1.165) is 35.0 Å². The highest BCUT2D eigenvalue weighted by Gasteiger charge is 2.20. The summed E-state index contributed by atoms with van der Waals surface area (Å²) in [6, 6.07) is 17.6. The van der Waals surface area contributed by atoms with Crippen molar-refractivity contribution < 1.29 is 17.0 Å². The molecule has 0 aromatic heterocycles. The zero-order valence-corrected chi connectivity index (χ0v) is 15.6. The molecule has 1 N–H and O–H groups in total. The maximum atomic E-state index is 4.26. The smallest absolute Gasteiger partial charge is 0.211 e. The van der Waals surface area contributed by atoms with E-state index in [1.165, 1.54) is 0 Å². The Morgan fingerprint density at radius 2 is 1.62 bits per heavy atom. The summed E-state index contributed by atoms with van der Waals surface area (Å²) >= 11 is 0. The topological polar surface area (TPSA) is 40.0 Å². The molecule has 2 aliphatic rings. The molecule has 4 rings (SSSR count). The summed E-state index contributed by atoms with van der Waals surface area (Å²) in [7, 11) is 0. The Bertz CT molecular complexity index is 893. The second-order valence-electron chi connectivity index (χ2n) is 5.69. The van der Waals surface area contributed by atoms with Crippen LogP contribution in [0.25, 0.3) is 0 Å². The van der Waals surface area contributed by atoms with Gasteiger partial charge in [-0.05, 0) is 48.6 Å². The van der Waals surface area contributed by atoms with Gasteiger partial charge in [-0.3, -0.25) is 0 Å². The van der Waals surface area contributed by atoms with Crippen molar-refractivity contribution in [2.24, 2.45) is 10.2 Å². The van der Waals surface area contributed by atoms with E-state index >= 15 is 0 Å². The van der Waals surface area contributed by atoms with E-state index in [4.69, 9.17) is 0 Å². The van der Waals surface area contributed by atoms with Crippen LogP contribution >= 0.6 is 0 Å². The fourth-order valence-corrected chi connectivity index (χ4v) is 2.59. The number of fused-ring (bicyclic) bond motifs is 1. The van der Waals surface area contributed by atoms with Crippen molar-refractivity contribution in [3.05, 3.63) is 103 Å². The molecule has 0 amide bonds. The van der Waals surface area contributed by atoms with Crippen molar-refractivity contribution in [1.29, 1.82) is 0 Å². The van der Waals surface area contributed by atoms with Crippen LogP contribution in [0.1, 0.15) is 0 Å². The maximum Gasteiger partial charge on any atom is 0.211 e. The number of anilines is 1. The van der Waals surface area contributed by atoms with Gasteiger partial charge in [0.05, 0.1) is 36.1 Å². The average Bonchev–Trinajstić information content (AvgIpc) is 2.68. The van der Waals surface area contributed by atoms with Crippen molar-refractivity contribution in [3.63, 3.8) is 0 Å². The minimum Gasteiger partial charge on any atom is -1.00 e. The third-order valence-corrected chi connectivity index (χ3v) is 3.88. The van der Waals surface area contributed by atoms with Crippen molar-refractivity contribution in [3.8, 4) is 0 Å². The van der Waals surface area contributed by atoms with E-state index in [1.807, 2.05) is 66.7 Å². The third-order valence-electron chi connectivity index (χ3n) is 3.88. The molecule has 0 atom stereocenters. The number of nitrogens with one attached hydrogen (secondary N) is 1. The molecular weight excluding hydrogens is 388 g/mol. The van der Waals surface area contributed by atoms with Crippen molar-refractivity contribution in [2.75, 3.05) is 11.9 Å².